The van der Waals surface area contributed by atoms with Gasteiger partial charge in [-0.2, -0.15) is 0 Å². The number of hydrogen-bond donors (Lipinski definition) is 4. The van der Waals surface area contributed by atoms with Crippen molar-refractivity contribution in [2.24, 2.45) is 5.14 Å². The fourth-order valence-electron chi connectivity index (χ4n) is 2.99. The lowest BCUT2D eigenvalue weighted by Crippen LogP contribution is -2.37. The van der Waals surface area contributed by atoms with Gasteiger partial charge in [-0.05, 0) is 24.6 Å². The molecule has 1 unspecified atom stereocenters. The molecule has 162 valence electrons. The van der Waals surface area contributed by atoms with Gasteiger partial charge in [0.2, 0.25) is 5.91 Å². The van der Waals surface area contributed by atoms with Crippen LogP contribution in [0, 0.1) is 0 Å². The molecule has 3 aromatic rings. The number of hydrogen-bond acceptors (Lipinski definition) is 6. The minimum absolute atomic E-state index is 0.0902. The summed E-state index contributed by atoms with van der Waals surface area (Å²) in [6.45, 7) is 5.06. The number of rotatable bonds is 10. The molecule has 1 amide bonds. The van der Waals surface area contributed by atoms with E-state index in [-0.39, 0.29) is 11.2 Å². The molecule has 31 heavy (non-hydrogen) atoms. The fraction of sp³-hybridized carbons (Fsp3) is 0.250. The molecule has 0 bridgehead atoms. The normalized spacial score (nSPS) is 12.6. The lowest BCUT2D eigenvalue weighted by atomic mass is 10.1. The van der Waals surface area contributed by atoms with E-state index in [0.29, 0.717) is 18.9 Å². The lowest BCUT2D eigenvalue weighted by molar-refractivity contribution is -0.121. The smallest absolute Gasteiger partial charge is 0.242 e. The highest BCUT2D eigenvalue weighted by Crippen LogP contribution is 2.26. The Morgan fingerprint density at radius 1 is 1.00 bits per heavy atom. The van der Waals surface area contributed by atoms with E-state index in [9.17, 15) is 4.79 Å². The summed E-state index contributed by atoms with van der Waals surface area (Å²) >= 11 is 1.31. The first-order chi connectivity index (χ1) is 15.1. The number of anilines is 2. The third kappa shape index (κ3) is 6.73. The highest BCUT2D eigenvalue weighted by molar-refractivity contribution is 7.97. The summed E-state index contributed by atoms with van der Waals surface area (Å²) < 4.78 is 0. The van der Waals surface area contributed by atoms with E-state index in [1.165, 1.54) is 11.9 Å². The van der Waals surface area contributed by atoms with Crippen molar-refractivity contribution in [1.82, 2.24) is 10.3 Å². The van der Waals surface area contributed by atoms with E-state index in [2.05, 4.69) is 22.9 Å². The van der Waals surface area contributed by atoms with Gasteiger partial charge in [0.05, 0.1) is 11.4 Å². The fourth-order valence-corrected chi connectivity index (χ4v) is 3.17. The standard InChI is InChI=1S/C24H29N5OS/c1-17(31-25)15-26-22-14-13-21(20-11-7-4-8-12-20)29-23(22)28-18(2)24(30)27-16-19-9-5-3-6-10-19/h3-14,17-18,26H,15-16,25H2,1-2H3,(H,27,30)(H,28,29)/t17?,18-/m0/s1. The third-order valence-corrected chi connectivity index (χ3v) is 5.46. The van der Waals surface area contributed by atoms with Gasteiger partial charge in [-0.3, -0.25) is 9.93 Å². The van der Waals surface area contributed by atoms with Crippen LogP contribution < -0.4 is 21.1 Å². The van der Waals surface area contributed by atoms with E-state index < -0.39 is 6.04 Å². The van der Waals surface area contributed by atoms with Gasteiger partial charge in [-0.1, -0.05) is 79.5 Å². The van der Waals surface area contributed by atoms with Crippen LogP contribution in [0.3, 0.4) is 0 Å². The Bertz CT molecular complexity index is 968. The zero-order chi connectivity index (χ0) is 22.1. The lowest BCUT2D eigenvalue weighted by Gasteiger charge is -2.19. The number of benzene rings is 2. The molecule has 0 aliphatic carbocycles. The Kier molecular flexibility index (Phi) is 8.32. The zero-order valence-corrected chi connectivity index (χ0v) is 18.7. The van der Waals surface area contributed by atoms with Gasteiger partial charge in [0.15, 0.2) is 5.82 Å². The third-order valence-electron chi connectivity index (χ3n) is 4.83. The topological polar surface area (TPSA) is 92.1 Å². The molecule has 0 saturated carbocycles. The molecule has 0 aliphatic rings. The Hall–Kier alpha value is -3.03. The largest absolute Gasteiger partial charge is 0.381 e. The maximum Gasteiger partial charge on any atom is 0.242 e. The number of carbonyl (C=O) groups excluding carboxylic acids is 1. The highest BCUT2D eigenvalue weighted by atomic mass is 32.2. The number of carbonyl (C=O) groups is 1. The van der Waals surface area contributed by atoms with E-state index >= 15 is 0 Å². The summed E-state index contributed by atoms with van der Waals surface area (Å²) in [4.78, 5) is 17.5. The van der Waals surface area contributed by atoms with Crippen LogP contribution >= 0.6 is 11.9 Å². The molecular weight excluding hydrogens is 406 g/mol. The van der Waals surface area contributed by atoms with Crippen molar-refractivity contribution < 1.29 is 4.79 Å². The van der Waals surface area contributed by atoms with Crippen LogP contribution in [0.2, 0.25) is 0 Å². The van der Waals surface area contributed by atoms with Crippen molar-refractivity contribution in [2.45, 2.75) is 31.7 Å². The first-order valence-corrected chi connectivity index (χ1v) is 11.2. The quantitative estimate of drug-likeness (QED) is 0.356. The molecule has 1 heterocycles. The average Bonchev–Trinajstić information content (AvgIpc) is 2.82. The van der Waals surface area contributed by atoms with E-state index in [1.807, 2.05) is 79.7 Å². The Balaban J connectivity index is 1.74. The molecule has 7 heteroatoms. The summed E-state index contributed by atoms with van der Waals surface area (Å²) in [7, 11) is 0. The summed E-state index contributed by atoms with van der Waals surface area (Å²) in [5.41, 5.74) is 3.75. The van der Waals surface area contributed by atoms with E-state index in [4.69, 9.17) is 10.1 Å². The maximum absolute atomic E-state index is 12.7. The van der Waals surface area contributed by atoms with Crippen molar-refractivity contribution in [3.8, 4) is 11.3 Å². The van der Waals surface area contributed by atoms with Gasteiger partial charge in [0, 0.05) is 23.9 Å². The first kappa shape index (κ1) is 22.7. The number of nitrogens with two attached hydrogens (primary N) is 1. The van der Waals surface area contributed by atoms with Gasteiger partial charge in [0.25, 0.3) is 0 Å². The van der Waals surface area contributed by atoms with Crippen molar-refractivity contribution in [3.05, 3.63) is 78.4 Å². The summed E-state index contributed by atoms with van der Waals surface area (Å²) in [5, 5.41) is 15.5. The molecular formula is C24H29N5OS. The monoisotopic (exact) mass is 435 g/mol. The van der Waals surface area contributed by atoms with Gasteiger partial charge < -0.3 is 16.0 Å². The average molecular weight is 436 g/mol. The SMILES string of the molecule is CC(CNc1ccc(-c2ccccc2)nc1N[C@@H](C)C(=O)NCc1ccccc1)SN. The van der Waals surface area contributed by atoms with Gasteiger partial charge in [-0.25, -0.2) is 4.98 Å². The molecule has 2 aromatic carbocycles. The minimum Gasteiger partial charge on any atom is -0.381 e. The van der Waals surface area contributed by atoms with Crippen LogP contribution in [-0.2, 0) is 11.3 Å². The second-order valence-corrected chi connectivity index (χ2v) is 8.43. The second kappa shape index (κ2) is 11.4. The summed E-state index contributed by atoms with van der Waals surface area (Å²) in [6, 6.07) is 23.3. The summed E-state index contributed by atoms with van der Waals surface area (Å²) in [5.74, 6) is 0.547. The Labute approximate surface area is 188 Å². The molecule has 3 rings (SSSR count). The molecule has 2 atom stereocenters. The maximum atomic E-state index is 12.7. The number of pyridine rings is 1. The van der Waals surface area contributed by atoms with Crippen molar-refractivity contribution in [1.29, 1.82) is 0 Å². The number of nitrogens with one attached hydrogen (secondary N) is 3. The van der Waals surface area contributed by atoms with Gasteiger partial charge >= 0.3 is 0 Å². The van der Waals surface area contributed by atoms with Crippen LogP contribution in [0.4, 0.5) is 11.5 Å². The second-order valence-electron chi connectivity index (χ2n) is 7.36. The number of amides is 1. The molecule has 0 spiro atoms. The predicted molar refractivity (Wildman–Crippen MR) is 131 cm³/mol. The van der Waals surface area contributed by atoms with E-state index in [0.717, 1.165) is 22.5 Å². The van der Waals surface area contributed by atoms with Gasteiger partial charge in [0.1, 0.15) is 6.04 Å². The van der Waals surface area contributed by atoms with Crippen LogP contribution in [-0.4, -0.2) is 28.7 Å². The van der Waals surface area contributed by atoms with Crippen molar-refractivity contribution >= 4 is 29.4 Å². The molecule has 0 radical (unpaired) electrons. The Morgan fingerprint density at radius 3 is 2.35 bits per heavy atom. The Morgan fingerprint density at radius 2 is 1.68 bits per heavy atom. The molecule has 0 fully saturated rings. The van der Waals surface area contributed by atoms with E-state index in [1.54, 1.807) is 0 Å². The number of aromatic nitrogens is 1. The molecule has 1 aromatic heterocycles. The minimum atomic E-state index is -0.455. The van der Waals surface area contributed by atoms with Crippen LogP contribution in [0.15, 0.2) is 72.8 Å². The van der Waals surface area contributed by atoms with Crippen LogP contribution in [0.1, 0.15) is 19.4 Å². The molecule has 5 N–H and O–H groups in total. The van der Waals surface area contributed by atoms with Crippen LogP contribution in [0.5, 0.6) is 0 Å². The van der Waals surface area contributed by atoms with Crippen molar-refractivity contribution in [3.63, 3.8) is 0 Å². The molecule has 0 aliphatic heterocycles. The zero-order valence-electron chi connectivity index (χ0n) is 17.8. The molecule has 0 saturated heterocycles. The summed E-state index contributed by atoms with van der Waals surface area (Å²) in [6.07, 6.45) is 0. The first-order valence-electron chi connectivity index (χ1n) is 10.3. The highest BCUT2D eigenvalue weighted by Gasteiger charge is 2.16. The molecule has 6 nitrogen and oxygen atoms in total. The predicted octanol–water partition coefficient (Wildman–Crippen LogP) is 4.27. The van der Waals surface area contributed by atoms with Crippen molar-refractivity contribution in [2.75, 3.05) is 17.2 Å². The number of nitrogens with zero attached hydrogens (tertiary/aromatic N) is 1. The van der Waals surface area contributed by atoms with Crippen LogP contribution in [0.25, 0.3) is 11.3 Å². The van der Waals surface area contributed by atoms with Gasteiger partial charge in [-0.15, -0.1) is 0 Å².